The Labute approximate surface area is 157 Å². The first-order valence-corrected chi connectivity index (χ1v) is 8.85. The lowest BCUT2D eigenvalue weighted by Crippen LogP contribution is -2.49. The van der Waals surface area contributed by atoms with Crippen molar-refractivity contribution in [3.05, 3.63) is 69.3 Å². The zero-order chi connectivity index (χ0) is 19.4. The Morgan fingerprint density at radius 3 is 2.37 bits per heavy atom. The van der Waals surface area contributed by atoms with E-state index in [-0.39, 0.29) is 17.2 Å². The third-order valence-corrected chi connectivity index (χ3v) is 4.83. The highest BCUT2D eigenvalue weighted by molar-refractivity contribution is 5.94. The highest BCUT2D eigenvalue weighted by Crippen LogP contribution is 2.26. The van der Waals surface area contributed by atoms with Gasteiger partial charge in [-0.05, 0) is 30.2 Å². The Morgan fingerprint density at radius 2 is 1.81 bits per heavy atom. The number of nitro groups is 1. The maximum absolute atomic E-state index is 12.7. The third-order valence-electron chi connectivity index (χ3n) is 4.83. The molecule has 0 atom stereocenters. The van der Waals surface area contributed by atoms with Crippen LogP contribution in [0.1, 0.15) is 28.4 Å². The lowest BCUT2D eigenvalue weighted by atomic mass is 10.1. The number of anilines is 1. The standard InChI is InChI=1S/C20H20N4O3/c1-2-15-3-5-16(6-4-15)20(25)23-11-9-22(10-12-23)19-8-7-18(24(26)27)13-17(19)14-21/h3-8,13H,2,9-12H2,1H3. The lowest BCUT2D eigenvalue weighted by Gasteiger charge is -2.36. The molecule has 0 spiro atoms. The molecular formula is C20H20N4O3. The molecule has 0 saturated carbocycles. The minimum absolute atomic E-state index is 0.00140. The maximum atomic E-state index is 12.7. The molecule has 0 aliphatic carbocycles. The van der Waals surface area contributed by atoms with Gasteiger partial charge in [0.2, 0.25) is 0 Å². The number of nitriles is 1. The first-order valence-electron chi connectivity index (χ1n) is 8.85. The molecule has 1 fully saturated rings. The minimum atomic E-state index is -0.509. The van der Waals surface area contributed by atoms with Crippen molar-refractivity contribution >= 4 is 17.3 Å². The van der Waals surface area contributed by atoms with Crippen molar-refractivity contribution in [3.8, 4) is 6.07 Å². The van der Waals surface area contributed by atoms with Gasteiger partial charge in [-0.2, -0.15) is 5.26 Å². The van der Waals surface area contributed by atoms with E-state index in [1.54, 1.807) is 11.0 Å². The fourth-order valence-electron chi connectivity index (χ4n) is 3.22. The maximum Gasteiger partial charge on any atom is 0.270 e. The number of amides is 1. The van der Waals surface area contributed by atoms with Gasteiger partial charge >= 0.3 is 0 Å². The number of hydrogen-bond acceptors (Lipinski definition) is 5. The predicted molar refractivity (Wildman–Crippen MR) is 102 cm³/mol. The Bertz CT molecular complexity index is 894. The van der Waals surface area contributed by atoms with Crippen molar-refractivity contribution in [3.63, 3.8) is 0 Å². The summed E-state index contributed by atoms with van der Waals surface area (Å²) < 4.78 is 0. The second-order valence-electron chi connectivity index (χ2n) is 6.40. The topological polar surface area (TPSA) is 90.5 Å². The summed E-state index contributed by atoms with van der Waals surface area (Å²) in [6.07, 6.45) is 0.934. The Hall–Kier alpha value is -3.40. The second kappa shape index (κ2) is 7.87. The summed E-state index contributed by atoms with van der Waals surface area (Å²) in [4.78, 5) is 26.8. The molecular weight excluding hydrogens is 344 g/mol. The van der Waals surface area contributed by atoms with E-state index in [1.807, 2.05) is 35.2 Å². The van der Waals surface area contributed by atoms with Gasteiger partial charge in [-0.15, -0.1) is 0 Å². The quantitative estimate of drug-likeness (QED) is 0.614. The van der Waals surface area contributed by atoms with E-state index in [1.165, 1.54) is 17.7 Å². The van der Waals surface area contributed by atoms with Crippen molar-refractivity contribution in [1.29, 1.82) is 5.26 Å². The zero-order valence-corrected chi connectivity index (χ0v) is 15.1. The molecule has 138 valence electrons. The van der Waals surface area contributed by atoms with Crippen LogP contribution in [0.15, 0.2) is 42.5 Å². The number of carbonyl (C=O) groups is 1. The zero-order valence-electron chi connectivity index (χ0n) is 15.1. The predicted octanol–water partition coefficient (Wildman–Crippen LogP) is 2.99. The second-order valence-corrected chi connectivity index (χ2v) is 6.40. The van der Waals surface area contributed by atoms with Crippen LogP contribution in [0.2, 0.25) is 0 Å². The number of piperazine rings is 1. The van der Waals surface area contributed by atoms with E-state index in [4.69, 9.17) is 0 Å². The molecule has 0 bridgehead atoms. The highest BCUT2D eigenvalue weighted by Gasteiger charge is 2.24. The van der Waals surface area contributed by atoms with Gasteiger partial charge in [0, 0.05) is 43.9 Å². The number of nitrogens with zero attached hydrogens (tertiary/aromatic N) is 4. The van der Waals surface area contributed by atoms with Gasteiger partial charge in [-0.3, -0.25) is 14.9 Å². The van der Waals surface area contributed by atoms with E-state index in [2.05, 4.69) is 6.92 Å². The molecule has 27 heavy (non-hydrogen) atoms. The summed E-state index contributed by atoms with van der Waals surface area (Å²) >= 11 is 0. The minimum Gasteiger partial charge on any atom is -0.367 e. The summed E-state index contributed by atoms with van der Waals surface area (Å²) in [5.41, 5.74) is 2.72. The highest BCUT2D eigenvalue weighted by atomic mass is 16.6. The van der Waals surface area contributed by atoms with E-state index in [0.717, 1.165) is 6.42 Å². The number of carbonyl (C=O) groups excluding carboxylic acids is 1. The smallest absolute Gasteiger partial charge is 0.270 e. The summed E-state index contributed by atoms with van der Waals surface area (Å²) in [7, 11) is 0. The van der Waals surface area contributed by atoms with Crippen LogP contribution in [-0.4, -0.2) is 41.9 Å². The Balaban J connectivity index is 1.69. The number of aryl methyl sites for hydroxylation is 1. The van der Waals surface area contributed by atoms with Gasteiger partial charge in [0.15, 0.2) is 0 Å². The monoisotopic (exact) mass is 364 g/mol. The van der Waals surface area contributed by atoms with Crippen molar-refractivity contribution in [2.24, 2.45) is 0 Å². The van der Waals surface area contributed by atoms with E-state index in [9.17, 15) is 20.2 Å². The summed E-state index contributed by atoms with van der Waals surface area (Å²) in [5, 5.41) is 20.2. The molecule has 0 radical (unpaired) electrons. The molecule has 1 aliphatic heterocycles. The summed E-state index contributed by atoms with van der Waals surface area (Å²) in [5.74, 6) is 0.00140. The van der Waals surface area contributed by atoms with Gasteiger partial charge in [-0.25, -0.2) is 0 Å². The number of benzene rings is 2. The van der Waals surface area contributed by atoms with Crippen LogP contribution in [-0.2, 0) is 6.42 Å². The summed E-state index contributed by atoms with van der Waals surface area (Å²) in [6, 6.07) is 14.0. The van der Waals surface area contributed by atoms with Crippen LogP contribution in [0.4, 0.5) is 11.4 Å². The van der Waals surface area contributed by atoms with Gasteiger partial charge in [0.05, 0.1) is 16.2 Å². The van der Waals surface area contributed by atoms with Crippen molar-refractivity contribution in [2.45, 2.75) is 13.3 Å². The van der Waals surface area contributed by atoms with Crippen molar-refractivity contribution in [1.82, 2.24) is 4.90 Å². The molecule has 3 rings (SSSR count). The molecule has 1 amide bonds. The molecule has 0 N–H and O–H groups in total. The van der Waals surface area contributed by atoms with Gasteiger partial charge < -0.3 is 9.80 Å². The molecule has 1 heterocycles. The van der Waals surface area contributed by atoms with E-state index in [0.29, 0.717) is 37.4 Å². The molecule has 0 unspecified atom stereocenters. The number of non-ortho nitro benzene ring substituents is 1. The fraction of sp³-hybridized carbons (Fsp3) is 0.300. The fourth-order valence-corrected chi connectivity index (χ4v) is 3.22. The average Bonchev–Trinajstić information content (AvgIpc) is 2.73. The summed E-state index contributed by atoms with van der Waals surface area (Å²) in [6.45, 7) is 4.30. The number of hydrogen-bond donors (Lipinski definition) is 0. The Morgan fingerprint density at radius 1 is 1.15 bits per heavy atom. The van der Waals surface area contributed by atoms with E-state index >= 15 is 0 Å². The van der Waals surface area contributed by atoms with Gasteiger partial charge in [0.1, 0.15) is 6.07 Å². The molecule has 7 nitrogen and oxygen atoms in total. The number of nitro benzene ring substituents is 1. The van der Waals surface area contributed by atoms with Crippen molar-refractivity contribution < 1.29 is 9.72 Å². The third kappa shape index (κ3) is 3.90. The SMILES string of the molecule is CCc1ccc(C(=O)N2CCN(c3ccc([N+](=O)[O-])cc3C#N)CC2)cc1. The normalized spacial score (nSPS) is 13.9. The van der Waals surface area contributed by atoms with Crippen molar-refractivity contribution in [2.75, 3.05) is 31.1 Å². The molecule has 2 aromatic rings. The Kier molecular flexibility index (Phi) is 5.36. The van der Waals surface area contributed by atoms with Crippen LogP contribution in [0, 0.1) is 21.4 Å². The molecule has 1 saturated heterocycles. The average molecular weight is 364 g/mol. The van der Waals surface area contributed by atoms with E-state index < -0.39 is 4.92 Å². The lowest BCUT2D eigenvalue weighted by molar-refractivity contribution is -0.384. The largest absolute Gasteiger partial charge is 0.367 e. The first-order chi connectivity index (χ1) is 13.0. The molecule has 2 aromatic carbocycles. The van der Waals surface area contributed by atoms with Crippen LogP contribution in [0.3, 0.4) is 0 Å². The van der Waals surface area contributed by atoms with Crippen LogP contribution >= 0.6 is 0 Å². The molecule has 1 aliphatic rings. The van der Waals surface area contributed by atoms with Gasteiger partial charge in [0.25, 0.3) is 11.6 Å². The van der Waals surface area contributed by atoms with Crippen LogP contribution in [0.25, 0.3) is 0 Å². The van der Waals surface area contributed by atoms with Crippen LogP contribution < -0.4 is 4.90 Å². The molecule has 7 heteroatoms. The van der Waals surface area contributed by atoms with Crippen LogP contribution in [0.5, 0.6) is 0 Å². The number of rotatable bonds is 4. The molecule has 0 aromatic heterocycles. The first kappa shape index (κ1) is 18.4. The van der Waals surface area contributed by atoms with Gasteiger partial charge in [-0.1, -0.05) is 19.1 Å².